The van der Waals surface area contributed by atoms with Gasteiger partial charge in [-0.2, -0.15) is 5.26 Å². The molecule has 1 heterocycles. The minimum atomic E-state index is -0.828. The van der Waals surface area contributed by atoms with E-state index in [9.17, 15) is 10.1 Å². The van der Waals surface area contributed by atoms with Crippen LogP contribution in [0.2, 0.25) is 0 Å². The maximum Gasteiger partial charge on any atom is 0.241 e. The summed E-state index contributed by atoms with van der Waals surface area (Å²) >= 11 is 0. The Labute approximate surface area is 210 Å². The second-order valence-corrected chi connectivity index (χ2v) is 10.4. The Balaban J connectivity index is 1.35. The number of nitriles is 1. The van der Waals surface area contributed by atoms with Crippen molar-refractivity contribution < 1.29 is 4.79 Å². The minimum Gasteiger partial charge on any atom is -0.338 e. The van der Waals surface area contributed by atoms with E-state index < -0.39 is 11.6 Å². The first-order chi connectivity index (χ1) is 16.9. The number of piperazine rings is 1. The van der Waals surface area contributed by atoms with Crippen molar-refractivity contribution in [2.24, 2.45) is 5.73 Å². The standard InChI is InChI=1S/C29H39N5O/c1-22(34-18-16-33(2)17-19-34)24-10-12-26(13-11-24)25-8-6-23(7-9-25)20-27(21-30)32-28(35)29(31)14-4-3-5-15-29/h6-13,22,27H,3-5,14-20,31H2,1-2H3,(H,32,35)/t22?,27-/m0/s1. The molecule has 6 heteroatoms. The van der Waals surface area contributed by atoms with Gasteiger partial charge in [-0.05, 0) is 49.1 Å². The number of hydrogen-bond acceptors (Lipinski definition) is 5. The van der Waals surface area contributed by atoms with E-state index in [0.29, 0.717) is 25.3 Å². The number of carbonyl (C=O) groups excluding carboxylic acids is 1. The highest BCUT2D eigenvalue weighted by Crippen LogP contribution is 2.27. The summed E-state index contributed by atoms with van der Waals surface area (Å²) in [6.45, 7) is 6.76. The summed E-state index contributed by atoms with van der Waals surface area (Å²) in [5, 5.41) is 12.5. The maximum absolute atomic E-state index is 12.7. The van der Waals surface area contributed by atoms with Crippen LogP contribution in [0.1, 0.15) is 56.2 Å². The molecule has 186 valence electrons. The van der Waals surface area contributed by atoms with E-state index in [1.807, 2.05) is 12.1 Å². The Morgan fingerprint density at radius 1 is 1.00 bits per heavy atom. The normalized spacial score (nSPS) is 20.5. The summed E-state index contributed by atoms with van der Waals surface area (Å²) in [5.41, 5.74) is 10.2. The van der Waals surface area contributed by atoms with Crippen LogP contribution in [-0.4, -0.2) is 60.5 Å². The molecule has 1 unspecified atom stereocenters. The van der Waals surface area contributed by atoms with Gasteiger partial charge in [0, 0.05) is 38.6 Å². The van der Waals surface area contributed by atoms with Gasteiger partial charge in [-0.3, -0.25) is 9.69 Å². The molecular weight excluding hydrogens is 434 g/mol. The summed E-state index contributed by atoms with van der Waals surface area (Å²) in [5.74, 6) is -0.189. The van der Waals surface area contributed by atoms with Crippen molar-refractivity contribution in [3.05, 3.63) is 59.7 Å². The van der Waals surface area contributed by atoms with Crippen molar-refractivity contribution >= 4 is 5.91 Å². The maximum atomic E-state index is 12.7. The molecule has 1 aliphatic carbocycles. The number of nitrogens with two attached hydrogens (primary N) is 1. The average molecular weight is 474 g/mol. The molecule has 2 aliphatic rings. The number of rotatable bonds is 7. The van der Waals surface area contributed by atoms with E-state index in [1.54, 1.807) is 0 Å². The van der Waals surface area contributed by atoms with Gasteiger partial charge in [0.1, 0.15) is 6.04 Å². The van der Waals surface area contributed by atoms with Gasteiger partial charge < -0.3 is 16.0 Å². The van der Waals surface area contributed by atoms with Gasteiger partial charge in [-0.25, -0.2) is 0 Å². The predicted octanol–water partition coefficient (Wildman–Crippen LogP) is 3.87. The zero-order valence-corrected chi connectivity index (χ0v) is 21.2. The van der Waals surface area contributed by atoms with Crippen molar-refractivity contribution in [2.75, 3.05) is 33.2 Å². The molecule has 3 N–H and O–H groups in total. The molecule has 1 aliphatic heterocycles. The van der Waals surface area contributed by atoms with Crippen molar-refractivity contribution in [3.8, 4) is 17.2 Å². The Morgan fingerprint density at radius 2 is 1.57 bits per heavy atom. The van der Waals surface area contributed by atoms with Crippen LogP contribution in [0.4, 0.5) is 0 Å². The van der Waals surface area contributed by atoms with Crippen molar-refractivity contribution in [1.82, 2.24) is 15.1 Å². The van der Waals surface area contributed by atoms with Crippen molar-refractivity contribution in [3.63, 3.8) is 0 Å². The zero-order valence-electron chi connectivity index (χ0n) is 21.2. The second kappa shape index (κ2) is 11.3. The third-order valence-corrected chi connectivity index (χ3v) is 7.86. The first-order valence-corrected chi connectivity index (χ1v) is 13.0. The number of amides is 1. The topological polar surface area (TPSA) is 85.4 Å². The summed E-state index contributed by atoms with van der Waals surface area (Å²) < 4.78 is 0. The fourth-order valence-electron chi connectivity index (χ4n) is 5.28. The molecule has 35 heavy (non-hydrogen) atoms. The number of nitrogens with one attached hydrogen (secondary N) is 1. The second-order valence-electron chi connectivity index (χ2n) is 10.4. The fourth-order valence-corrected chi connectivity index (χ4v) is 5.28. The summed E-state index contributed by atoms with van der Waals surface area (Å²) in [4.78, 5) is 17.7. The van der Waals surface area contributed by atoms with Crippen LogP contribution >= 0.6 is 0 Å². The SMILES string of the molecule is CC(c1ccc(-c2ccc(C[C@@H](C#N)NC(=O)C3(N)CCCCC3)cc2)cc1)N1CCN(C)CC1. The Kier molecular flexibility index (Phi) is 8.22. The first-order valence-electron chi connectivity index (χ1n) is 13.0. The number of nitrogens with zero attached hydrogens (tertiary/aromatic N) is 3. The third kappa shape index (κ3) is 6.29. The molecule has 0 bridgehead atoms. The van der Waals surface area contributed by atoms with E-state index >= 15 is 0 Å². The molecule has 1 amide bonds. The largest absolute Gasteiger partial charge is 0.338 e. The monoisotopic (exact) mass is 473 g/mol. The molecule has 6 nitrogen and oxygen atoms in total. The van der Waals surface area contributed by atoms with Crippen LogP contribution in [0.3, 0.4) is 0 Å². The molecule has 2 aromatic carbocycles. The van der Waals surface area contributed by atoms with Crippen molar-refractivity contribution in [2.45, 2.75) is 63.1 Å². The Morgan fingerprint density at radius 3 is 2.14 bits per heavy atom. The molecule has 4 rings (SSSR count). The molecule has 0 spiro atoms. The number of benzene rings is 2. The van der Waals surface area contributed by atoms with Crippen LogP contribution in [-0.2, 0) is 11.2 Å². The lowest BCUT2D eigenvalue weighted by molar-refractivity contribution is -0.127. The minimum absolute atomic E-state index is 0.189. The summed E-state index contributed by atoms with van der Waals surface area (Å²) in [7, 11) is 2.19. The van der Waals surface area contributed by atoms with Gasteiger partial charge in [0.05, 0.1) is 11.6 Å². The Bertz CT molecular complexity index is 1010. The molecule has 2 aromatic rings. The van der Waals surface area contributed by atoms with Gasteiger partial charge >= 0.3 is 0 Å². The number of likely N-dealkylation sites (N-methyl/N-ethyl adjacent to an activating group) is 1. The van der Waals surface area contributed by atoms with Gasteiger partial charge in [0.25, 0.3) is 0 Å². The molecule has 2 atom stereocenters. The van der Waals surface area contributed by atoms with E-state index in [-0.39, 0.29) is 5.91 Å². The molecular formula is C29H39N5O. The number of carbonyl (C=O) groups is 1. The van der Waals surface area contributed by atoms with Crippen LogP contribution in [0, 0.1) is 11.3 Å². The third-order valence-electron chi connectivity index (χ3n) is 7.86. The van der Waals surface area contributed by atoms with Crippen LogP contribution in [0.15, 0.2) is 48.5 Å². The molecule has 0 radical (unpaired) electrons. The van der Waals surface area contributed by atoms with Crippen molar-refractivity contribution in [1.29, 1.82) is 5.26 Å². The molecule has 1 saturated carbocycles. The fraction of sp³-hybridized carbons (Fsp3) is 0.517. The number of hydrogen-bond donors (Lipinski definition) is 2. The average Bonchev–Trinajstić information content (AvgIpc) is 2.89. The smallest absolute Gasteiger partial charge is 0.241 e. The van der Waals surface area contributed by atoms with Crippen LogP contribution in [0.5, 0.6) is 0 Å². The van der Waals surface area contributed by atoms with E-state index in [0.717, 1.165) is 56.6 Å². The van der Waals surface area contributed by atoms with Gasteiger partial charge in [0.2, 0.25) is 5.91 Å². The summed E-state index contributed by atoms with van der Waals surface area (Å²) in [6, 6.07) is 19.2. The van der Waals surface area contributed by atoms with Gasteiger partial charge in [-0.1, -0.05) is 67.8 Å². The lowest BCUT2D eigenvalue weighted by Gasteiger charge is -2.36. The molecule has 0 aromatic heterocycles. The van der Waals surface area contributed by atoms with E-state index in [2.05, 4.69) is 71.6 Å². The zero-order chi connectivity index (χ0) is 24.8. The van der Waals surface area contributed by atoms with E-state index in [4.69, 9.17) is 5.73 Å². The molecule has 2 fully saturated rings. The van der Waals surface area contributed by atoms with Gasteiger partial charge in [0.15, 0.2) is 0 Å². The lowest BCUT2D eigenvalue weighted by atomic mass is 9.81. The summed E-state index contributed by atoms with van der Waals surface area (Å²) in [6.07, 6.45) is 4.92. The first kappa shape index (κ1) is 25.4. The van der Waals surface area contributed by atoms with Gasteiger partial charge in [-0.15, -0.1) is 0 Å². The van der Waals surface area contributed by atoms with Crippen LogP contribution < -0.4 is 11.1 Å². The lowest BCUT2D eigenvalue weighted by Crippen LogP contribution is -2.57. The highest BCUT2D eigenvalue weighted by Gasteiger charge is 2.36. The van der Waals surface area contributed by atoms with E-state index in [1.165, 1.54) is 11.1 Å². The quantitative estimate of drug-likeness (QED) is 0.638. The predicted molar refractivity (Wildman–Crippen MR) is 141 cm³/mol. The molecule has 1 saturated heterocycles. The highest BCUT2D eigenvalue weighted by atomic mass is 16.2. The van der Waals surface area contributed by atoms with Crippen LogP contribution in [0.25, 0.3) is 11.1 Å². The Hall–Kier alpha value is -2.72. The highest BCUT2D eigenvalue weighted by molar-refractivity contribution is 5.86.